The summed E-state index contributed by atoms with van der Waals surface area (Å²) in [5.41, 5.74) is 6.91. The van der Waals surface area contributed by atoms with Gasteiger partial charge in [0.2, 0.25) is 0 Å². The number of pyridine rings is 1. The summed E-state index contributed by atoms with van der Waals surface area (Å²) in [7, 11) is 2.16. The molecule has 2 heterocycles. The summed E-state index contributed by atoms with van der Waals surface area (Å²) in [4.78, 5) is 8.89. The lowest BCUT2D eigenvalue weighted by atomic mass is 10.2. The Labute approximate surface area is 103 Å². The lowest BCUT2D eigenvalue weighted by Gasteiger charge is -2.21. The van der Waals surface area contributed by atoms with Crippen molar-refractivity contribution in [3.63, 3.8) is 0 Å². The van der Waals surface area contributed by atoms with Gasteiger partial charge in [0.1, 0.15) is 5.82 Å². The van der Waals surface area contributed by atoms with Gasteiger partial charge in [0, 0.05) is 25.8 Å². The quantitative estimate of drug-likeness (QED) is 0.831. The molecule has 1 aromatic heterocycles. The van der Waals surface area contributed by atoms with Gasteiger partial charge in [-0.3, -0.25) is 0 Å². The van der Waals surface area contributed by atoms with Crippen LogP contribution in [0.15, 0.2) is 18.3 Å². The minimum atomic E-state index is 0.607. The summed E-state index contributed by atoms with van der Waals surface area (Å²) in [6.45, 7) is 5.78. The number of nitrogens with zero attached hydrogens (tertiary/aromatic N) is 3. The van der Waals surface area contributed by atoms with Crippen LogP contribution in [0.3, 0.4) is 0 Å². The van der Waals surface area contributed by atoms with Gasteiger partial charge in [-0.05, 0) is 50.7 Å². The normalized spacial score (nSPS) is 16.8. The summed E-state index contributed by atoms with van der Waals surface area (Å²) < 4.78 is 0. The van der Waals surface area contributed by atoms with E-state index in [1.807, 2.05) is 12.1 Å². The highest BCUT2D eigenvalue weighted by Crippen LogP contribution is 2.08. The number of hydrogen-bond acceptors (Lipinski definition) is 4. The first-order valence-corrected chi connectivity index (χ1v) is 6.35. The maximum Gasteiger partial charge on any atom is 0.123 e. The summed E-state index contributed by atoms with van der Waals surface area (Å²) in [5, 5.41) is 0. The Bertz CT molecular complexity index is 347. The Morgan fingerprint density at radius 3 is 2.88 bits per heavy atom. The molecule has 1 aliphatic rings. The second-order valence-corrected chi connectivity index (χ2v) is 4.88. The highest BCUT2D eigenvalue weighted by atomic mass is 15.2. The van der Waals surface area contributed by atoms with Crippen molar-refractivity contribution in [2.24, 2.45) is 0 Å². The van der Waals surface area contributed by atoms with E-state index in [9.17, 15) is 0 Å². The zero-order valence-electron chi connectivity index (χ0n) is 10.6. The Morgan fingerprint density at radius 1 is 1.41 bits per heavy atom. The minimum absolute atomic E-state index is 0.607. The molecule has 1 aromatic rings. The van der Waals surface area contributed by atoms with E-state index in [0.717, 1.165) is 13.1 Å². The molecule has 0 aromatic carbocycles. The molecule has 0 saturated carbocycles. The second-order valence-electron chi connectivity index (χ2n) is 4.88. The first-order valence-electron chi connectivity index (χ1n) is 6.35. The van der Waals surface area contributed by atoms with Crippen LogP contribution in [0.4, 0.5) is 5.82 Å². The van der Waals surface area contributed by atoms with E-state index in [2.05, 4.69) is 21.8 Å². The van der Waals surface area contributed by atoms with Crippen LogP contribution >= 0.6 is 0 Å². The van der Waals surface area contributed by atoms with E-state index in [1.165, 1.54) is 38.0 Å². The molecule has 17 heavy (non-hydrogen) atoms. The van der Waals surface area contributed by atoms with E-state index in [4.69, 9.17) is 5.73 Å². The van der Waals surface area contributed by atoms with Crippen molar-refractivity contribution < 1.29 is 0 Å². The number of likely N-dealkylation sites (N-methyl/N-ethyl adjacent to an activating group) is 1. The first-order chi connectivity index (χ1) is 8.24. The minimum Gasteiger partial charge on any atom is -0.384 e. The molecule has 0 aliphatic carbocycles. The number of hydrogen-bond donors (Lipinski definition) is 1. The topological polar surface area (TPSA) is 45.4 Å². The Kier molecular flexibility index (Phi) is 4.34. The first kappa shape index (κ1) is 12.3. The van der Waals surface area contributed by atoms with Gasteiger partial charge < -0.3 is 15.5 Å². The molecular formula is C13H22N4. The second kappa shape index (κ2) is 5.98. The van der Waals surface area contributed by atoms with Crippen molar-refractivity contribution in [1.29, 1.82) is 0 Å². The molecule has 2 rings (SSSR count). The number of likely N-dealkylation sites (tertiary alicyclic amines) is 1. The highest BCUT2D eigenvalue weighted by Gasteiger charge is 2.11. The third kappa shape index (κ3) is 3.98. The van der Waals surface area contributed by atoms with Gasteiger partial charge in [-0.15, -0.1) is 0 Å². The fourth-order valence-electron chi connectivity index (χ4n) is 2.30. The molecular weight excluding hydrogens is 212 g/mol. The van der Waals surface area contributed by atoms with Crippen LogP contribution in [0.5, 0.6) is 0 Å². The van der Waals surface area contributed by atoms with Crippen LogP contribution < -0.4 is 5.73 Å². The van der Waals surface area contributed by atoms with Gasteiger partial charge in [-0.1, -0.05) is 0 Å². The average Bonchev–Trinajstić information content (AvgIpc) is 2.79. The largest absolute Gasteiger partial charge is 0.384 e. The van der Waals surface area contributed by atoms with E-state index in [-0.39, 0.29) is 0 Å². The van der Waals surface area contributed by atoms with Gasteiger partial charge in [0.15, 0.2) is 0 Å². The third-order valence-electron chi connectivity index (χ3n) is 3.29. The maximum atomic E-state index is 5.67. The van der Waals surface area contributed by atoms with Crippen LogP contribution in [0.25, 0.3) is 0 Å². The molecule has 2 N–H and O–H groups in total. The molecule has 94 valence electrons. The predicted molar refractivity (Wildman–Crippen MR) is 70.7 cm³/mol. The molecule has 0 atom stereocenters. The fourth-order valence-corrected chi connectivity index (χ4v) is 2.30. The fraction of sp³-hybridized carbons (Fsp3) is 0.615. The van der Waals surface area contributed by atoms with Crippen molar-refractivity contribution >= 4 is 5.82 Å². The third-order valence-corrected chi connectivity index (χ3v) is 3.29. The zero-order valence-corrected chi connectivity index (χ0v) is 10.6. The Morgan fingerprint density at radius 2 is 2.18 bits per heavy atom. The predicted octanol–water partition coefficient (Wildman–Crippen LogP) is 1.19. The van der Waals surface area contributed by atoms with Crippen LogP contribution in [-0.4, -0.2) is 48.0 Å². The molecule has 0 bridgehead atoms. The molecule has 1 fully saturated rings. The molecule has 4 nitrogen and oxygen atoms in total. The summed E-state index contributed by atoms with van der Waals surface area (Å²) in [6.07, 6.45) is 4.51. The molecule has 0 amide bonds. The number of nitrogen functional groups attached to an aromatic ring is 1. The van der Waals surface area contributed by atoms with Crippen LogP contribution in [0.1, 0.15) is 18.4 Å². The summed E-state index contributed by atoms with van der Waals surface area (Å²) >= 11 is 0. The lowest BCUT2D eigenvalue weighted by Crippen LogP contribution is -2.31. The monoisotopic (exact) mass is 234 g/mol. The smallest absolute Gasteiger partial charge is 0.123 e. The van der Waals surface area contributed by atoms with E-state index in [1.54, 1.807) is 6.20 Å². The molecule has 1 saturated heterocycles. The molecule has 1 aliphatic heterocycles. The van der Waals surface area contributed by atoms with Gasteiger partial charge in [0.05, 0.1) is 0 Å². The van der Waals surface area contributed by atoms with Crippen molar-refractivity contribution in [2.75, 3.05) is 39.0 Å². The molecule has 0 radical (unpaired) electrons. The van der Waals surface area contributed by atoms with Crippen molar-refractivity contribution in [1.82, 2.24) is 14.8 Å². The Hall–Kier alpha value is -1.13. The SMILES string of the molecule is CN(CCN1CCCC1)Cc1ccnc(N)c1. The number of aromatic nitrogens is 1. The van der Waals surface area contributed by atoms with Crippen LogP contribution in [0.2, 0.25) is 0 Å². The average molecular weight is 234 g/mol. The van der Waals surface area contributed by atoms with Crippen molar-refractivity contribution in [2.45, 2.75) is 19.4 Å². The van der Waals surface area contributed by atoms with Gasteiger partial charge in [0.25, 0.3) is 0 Å². The molecule has 4 heteroatoms. The lowest BCUT2D eigenvalue weighted by molar-refractivity contribution is 0.252. The number of rotatable bonds is 5. The van der Waals surface area contributed by atoms with Crippen LogP contribution in [0, 0.1) is 0 Å². The van der Waals surface area contributed by atoms with E-state index >= 15 is 0 Å². The van der Waals surface area contributed by atoms with Gasteiger partial charge in [-0.2, -0.15) is 0 Å². The maximum absolute atomic E-state index is 5.67. The van der Waals surface area contributed by atoms with Gasteiger partial charge >= 0.3 is 0 Å². The standard InChI is InChI=1S/C13H22N4/c1-16(8-9-17-6-2-3-7-17)11-12-4-5-15-13(14)10-12/h4-5,10H,2-3,6-9,11H2,1H3,(H2,14,15). The van der Waals surface area contributed by atoms with Crippen molar-refractivity contribution in [3.05, 3.63) is 23.9 Å². The zero-order chi connectivity index (χ0) is 12.1. The summed E-state index contributed by atoms with van der Waals surface area (Å²) in [5.74, 6) is 0.607. The van der Waals surface area contributed by atoms with Crippen molar-refractivity contribution in [3.8, 4) is 0 Å². The molecule has 0 spiro atoms. The Balaban J connectivity index is 1.74. The van der Waals surface area contributed by atoms with Gasteiger partial charge in [-0.25, -0.2) is 4.98 Å². The summed E-state index contributed by atoms with van der Waals surface area (Å²) in [6, 6.07) is 3.98. The van der Waals surface area contributed by atoms with E-state index in [0.29, 0.717) is 5.82 Å². The van der Waals surface area contributed by atoms with Crippen LogP contribution in [-0.2, 0) is 6.54 Å². The van der Waals surface area contributed by atoms with E-state index < -0.39 is 0 Å². The molecule has 0 unspecified atom stereocenters. The number of nitrogens with two attached hydrogens (primary N) is 1. The number of anilines is 1. The highest BCUT2D eigenvalue weighted by molar-refractivity contribution is 5.31.